The normalized spacial score (nSPS) is 11.7. The topological polar surface area (TPSA) is 40.7 Å². The molecule has 0 saturated heterocycles. The second-order valence-corrected chi connectivity index (χ2v) is 5.48. The van der Waals surface area contributed by atoms with Crippen LogP contribution in [0.1, 0.15) is 17.0 Å². The van der Waals surface area contributed by atoms with E-state index in [1.807, 2.05) is 13.8 Å². The Balaban J connectivity index is 1.98. The number of thioether (sulfide) groups is 1. The fraction of sp³-hybridized carbons (Fsp3) is 0.308. The third-order valence-corrected chi connectivity index (χ3v) is 3.58. The molecule has 0 bridgehead atoms. The van der Waals surface area contributed by atoms with Crippen LogP contribution in [-0.4, -0.2) is 15.7 Å². The lowest BCUT2D eigenvalue weighted by Gasteiger charge is -2.09. The predicted molar refractivity (Wildman–Crippen MR) is 73.7 cm³/mol. The number of rotatable bonds is 4. The molecule has 20 heavy (non-hydrogen) atoms. The monoisotopic (exact) mass is 301 g/mol. The molecule has 2 aromatic rings. The van der Waals surface area contributed by atoms with Crippen molar-refractivity contribution in [3.8, 4) is 0 Å². The fourth-order valence-electron chi connectivity index (χ4n) is 1.80. The summed E-state index contributed by atoms with van der Waals surface area (Å²) in [7, 11) is 0. The lowest BCUT2D eigenvalue weighted by atomic mass is 10.2. The van der Waals surface area contributed by atoms with Gasteiger partial charge in [0.2, 0.25) is 0 Å². The van der Waals surface area contributed by atoms with E-state index < -0.39 is 5.51 Å². The van der Waals surface area contributed by atoms with E-state index in [4.69, 9.17) is 0 Å². The first-order valence-electron chi connectivity index (χ1n) is 5.95. The number of H-pyrrole nitrogens is 1. The number of halogens is 3. The van der Waals surface area contributed by atoms with Gasteiger partial charge in [0.1, 0.15) is 0 Å². The van der Waals surface area contributed by atoms with Gasteiger partial charge < -0.3 is 5.32 Å². The van der Waals surface area contributed by atoms with E-state index in [1.54, 1.807) is 12.1 Å². The van der Waals surface area contributed by atoms with Crippen molar-refractivity contribution >= 4 is 17.4 Å². The maximum Gasteiger partial charge on any atom is 0.446 e. The summed E-state index contributed by atoms with van der Waals surface area (Å²) in [5.41, 5.74) is -0.506. The molecule has 1 heterocycles. The Bertz CT molecular complexity index is 556. The van der Waals surface area contributed by atoms with Gasteiger partial charge in [-0.15, -0.1) is 0 Å². The number of hydrogen-bond acceptors (Lipinski definition) is 3. The molecule has 3 nitrogen and oxygen atoms in total. The second kappa shape index (κ2) is 5.78. The Hall–Kier alpha value is -1.63. The van der Waals surface area contributed by atoms with Crippen LogP contribution in [0.15, 0.2) is 29.2 Å². The minimum absolute atomic E-state index is 0.113. The maximum absolute atomic E-state index is 12.2. The number of alkyl halides is 3. The lowest BCUT2D eigenvalue weighted by molar-refractivity contribution is -0.0328. The van der Waals surface area contributed by atoms with Crippen molar-refractivity contribution in [3.63, 3.8) is 0 Å². The highest BCUT2D eigenvalue weighted by atomic mass is 32.2. The minimum atomic E-state index is -4.25. The van der Waals surface area contributed by atoms with Gasteiger partial charge in [-0.1, -0.05) is 0 Å². The Kier molecular flexibility index (Phi) is 4.27. The van der Waals surface area contributed by atoms with Crippen LogP contribution in [0.4, 0.5) is 18.9 Å². The van der Waals surface area contributed by atoms with Crippen LogP contribution in [0.25, 0.3) is 0 Å². The van der Waals surface area contributed by atoms with E-state index in [0.29, 0.717) is 6.54 Å². The highest BCUT2D eigenvalue weighted by Gasteiger charge is 2.28. The summed E-state index contributed by atoms with van der Waals surface area (Å²) in [4.78, 5) is 0.179. The molecule has 0 aliphatic carbocycles. The molecule has 0 radical (unpaired) electrons. The van der Waals surface area contributed by atoms with E-state index >= 15 is 0 Å². The molecule has 0 atom stereocenters. The van der Waals surface area contributed by atoms with Gasteiger partial charge in [-0.25, -0.2) is 0 Å². The zero-order valence-electron chi connectivity index (χ0n) is 11.0. The molecule has 0 fully saturated rings. The summed E-state index contributed by atoms with van der Waals surface area (Å²) in [6.45, 7) is 4.42. The Morgan fingerprint density at radius 2 is 1.85 bits per heavy atom. The number of hydrogen-bond donors (Lipinski definition) is 2. The molecule has 0 aliphatic heterocycles. The van der Waals surface area contributed by atoms with Crippen molar-refractivity contribution < 1.29 is 13.2 Å². The van der Waals surface area contributed by atoms with E-state index in [0.717, 1.165) is 22.6 Å². The number of anilines is 1. The molecule has 0 saturated carbocycles. The van der Waals surface area contributed by atoms with E-state index in [-0.39, 0.29) is 16.7 Å². The van der Waals surface area contributed by atoms with E-state index in [9.17, 15) is 13.2 Å². The summed E-state index contributed by atoms with van der Waals surface area (Å²) in [5, 5.41) is 10.1. The van der Waals surface area contributed by atoms with Gasteiger partial charge in [0.25, 0.3) is 0 Å². The van der Waals surface area contributed by atoms with Crippen molar-refractivity contribution in [2.24, 2.45) is 0 Å². The van der Waals surface area contributed by atoms with Crippen LogP contribution in [0, 0.1) is 13.8 Å². The minimum Gasteiger partial charge on any atom is -0.381 e. The number of aromatic amines is 1. The fourth-order valence-corrected chi connectivity index (χ4v) is 2.34. The third kappa shape index (κ3) is 3.93. The summed E-state index contributed by atoms with van der Waals surface area (Å²) in [6, 6.07) is 6.18. The molecule has 0 spiro atoms. The van der Waals surface area contributed by atoms with E-state index in [1.165, 1.54) is 12.1 Å². The van der Waals surface area contributed by atoms with Crippen LogP contribution in [0.2, 0.25) is 0 Å². The molecule has 1 aromatic carbocycles. The highest BCUT2D eigenvalue weighted by molar-refractivity contribution is 8.00. The molecule has 7 heteroatoms. The molecule has 0 aliphatic rings. The lowest BCUT2D eigenvalue weighted by Crippen LogP contribution is -2.02. The molecule has 108 valence electrons. The standard InChI is InChI=1S/C13H14F3N3S/c1-8-12(9(2)19-18-8)7-17-10-3-5-11(6-4-10)20-13(14,15)16/h3-6,17H,7H2,1-2H3,(H,18,19). The molecule has 0 amide bonds. The number of nitrogens with one attached hydrogen (secondary N) is 2. The first kappa shape index (κ1) is 14.8. The average Bonchev–Trinajstić information content (AvgIpc) is 2.67. The van der Waals surface area contributed by atoms with Crippen molar-refractivity contribution in [2.75, 3.05) is 5.32 Å². The molecular weight excluding hydrogens is 287 g/mol. The van der Waals surface area contributed by atoms with Crippen LogP contribution in [0.5, 0.6) is 0 Å². The van der Waals surface area contributed by atoms with Gasteiger partial charge >= 0.3 is 5.51 Å². The van der Waals surface area contributed by atoms with Gasteiger partial charge in [-0.3, -0.25) is 5.10 Å². The van der Waals surface area contributed by atoms with Crippen molar-refractivity contribution in [1.29, 1.82) is 0 Å². The largest absolute Gasteiger partial charge is 0.446 e. The summed E-state index contributed by atoms with van der Waals surface area (Å²) < 4.78 is 36.6. The molecular formula is C13H14F3N3S. The first-order chi connectivity index (χ1) is 9.35. The van der Waals surface area contributed by atoms with Gasteiger partial charge in [-0.05, 0) is 49.9 Å². The smallest absolute Gasteiger partial charge is 0.381 e. The molecule has 0 unspecified atom stereocenters. The quantitative estimate of drug-likeness (QED) is 0.829. The third-order valence-electron chi connectivity index (χ3n) is 2.84. The number of aryl methyl sites for hydroxylation is 2. The highest BCUT2D eigenvalue weighted by Crippen LogP contribution is 2.37. The number of aromatic nitrogens is 2. The van der Waals surface area contributed by atoms with Crippen LogP contribution in [-0.2, 0) is 6.54 Å². The van der Waals surface area contributed by atoms with Gasteiger partial charge in [0.05, 0.1) is 5.69 Å². The van der Waals surface area contributed by atoms with Gasteiger partial charge in [-0.2, -0.15) is 18.3 Å². The zero-order valence-corrected chi connectivity index (χ0v) is 11.8. The summed E-state index contributed by atoms with van der Waals surface area (Å²) in [5.74, 6) is 0. The summed E-state index contributed by atoms with van der Waals surface area (Å²) >= 11 is -0.113. The average molecular weight is 301 g/mol. The van der Waals surface area contributed by atoms with Gasteiger partial charge in [0.15, 0.2) is 0 Å². The Morgan fingerprint density at radius 1 is 1.20 bits per heavy atom. The second-order valence-electron chi connectivity index (χ2n) is 4.34. The first-order valence-corrected chi connectivity index (χ1v) is 6.77. The molecule has 2 rings (SSSR count). The maximum atomic E-state index is 12.2. The molecule has 2 N–H and O–H groups in total. The Labute approximate surface area is 119 Å². The van der Waals surface area contributed by atoms with Crippen molar-refractivity contribution in [3.05, 3.63) is 41.2 Å². The number of benzene rings is 1. The van der Waals surface area contributed by atoms with Crippen molar-refractivity contribution in [2.45, 2.75) is 30.8 Å². The van der Waals surface area contributed by atoms with Crippen LogP contribution in [0.3, 0.4) is 0 Å². The van der Waals surface area contributed by atoms with E-state index in [2.05, 4.69) is 15.5 Å². The zero-order chi connectivity index (χ0) is 14.8. The SMILES string of the molecule is Cc1n[nH]c(C)c1CNc1ccc(SC(F)(F)F)cc1. The van der Waals surface area contributed by atoms with Crippen LogP contribution < -0.4 is 5.32 Å². The number of nitrogens with zero attached hydrogens (tertiary/aromatic N) is 1. The predicted octanol–water partition coefficient (Wildman–Crippen LogP) is 4.25. The Morgan fingerprint density at radius 3 is 2.35 bits per heavy atom. The molecule has 1 aromatic heterocycles. The van der Waals surface area contributed by atoms with Crippen LogP contribution >= 0.6 is 11.8 Å². The van der Waals surface area contributed by atoms with Gasteiger partial charge in [0, 0.05) is 28.4 Å². The van der Waals surface area contributed by atoms with Crippen molar-refractivity contribution in [1.82, 2.24) is 10.2 Å². The summed E-state index contributed by atoms with van der Waals surface area (Å²) in [6.07, 6.45) is 0.